The first-order valence-corrected chi connectivity index (χ1v) is 7.06. The molecule has 1 aromatic rings. The summed E-state index contributed by atoms with van der Waals surface area (Å²) in [4.78, 5) is 11.9. The van der Waals surface area contributed by atoms with Gasteiger partial charge in [-0.3, -0.25) is 0 Å². The Balaban J connectivity index is 2.20. The third-order valence-corrected chi connectivity index (χ3v) is 4.01. The highest BCUT2D eigenvalue weighted by Gasteiger charge is 2.31. The molecule has 0 unspecified atom stereocenters. The number of carbonyl (C=O) groups excluding carboxylic acids is 1. The maximum Gasteiger partial charge on any atom is 0.334 e. The molecule has 1 aliphatic carbocycles. The van der Waals surface area contributed by atoms with Crippen molar-refractivity contribution in [2.45, 2.75) is 32.3 Å². The molecule has 1 atom stereocenters. The minimum absolute atomic E-state index is 0.206. The average molecular weight is 286 g/mol. The lowest BCUT2D eigenvalue weighted by molar-refractivity contribution is -0.140. The number of hydrogen-bond donors (Lipinski definition) is 1. The van der Waals surface area contributed by atoms with E-state index in [1.165, 1.54) is 0 Å². The molecule has 0 saturated heterocycles. The second kappa shape index (κ2) is 5.28. The molecule has 0 amide bonds. The van der Waals surface area contributed by atoms with Gasteiger partial charge in [0, 0.05) is 16.7 Å². The highest BCUT2D eigenvalue weighted by atomic mass is 16.5. The van der Waals surface area contributed by atoms with Crippen LogP contribution in [0.25, 0.3) is 0 Å². The van der Waals surface area contributed by atoms with Crippen LogP contribution in [0.2, 0.25) is 0 Å². The number of phenols is 1. The molecule has 0 aromatic heterocycles. The lowest BCUT2D eigenvalue weighted by Gasteiger charge is -2.19. The van der Waals surface area contributed by atoms with Crippen LogP contribution >= 0.6 is 0 Å². The quantitative estimate of drug-likeness (QED) is 0.636. The highest BCUT2D eigenvalue weighted by Crippen LogP contribution is 2.41. The van der Waals surface area contributed by atoms with Gasteiger partial charge in [0.1, 0.15) is 11.5 Å². The smallest absolute Gasteiger partial charge is 0.334 e. The molecule has 1 aromatic carbocycles. The summed E-state index contributed by atoms with van der Waals surface area (Å²) in [5.74, 6) is 0.563. The van der Waals surface area contributed by atoms with Crippen LogP contribution in [0.1, 0.15) is 37.0 Å². The van der Waals surface area contributed by atoms with E-state index < -0.39 is 6.10 Å². The average Bonchev–Trinajstić information content (AvgIpc) is 2.81. The van der Waals surface area contributed by atoms with Crippen molar-refractivity contribution in [1.29, 1.82) is 0 Å². The van der Waals surface area contributed by atoms with Crippen molar-refractivity contribution >= 4 is 5.97 Å². The van der Waals surface area contributed by atoms with Crippen molar-refractivity contribution < 1.29 is 19.4 Å². The molecule has 0 spiro atoms. The van der Waals surface area contributed by atoms with Crippen LogP contribution in [0.15, 0.2) is 35.4 Å². The van der Waals surface area contributed by atoms with Crippen molar-refractivity contribution in [3.05, 3.63) is 46.6 Å². The van der Waals surface area contributed by atoms with Crippen molar-refractivity contribution in [3.8, 4) is 11.5 Å². The highest BCUT2D eigenvalue weighted by molar-refractivity contribution is 5.91. The fourth-order valence-electron chi connectivity index (χ4n) is 2.94. The zero-order valence-corrected chi connectivity index (χ0v) is 12.2. The number of ether oxygens (including phenoxy) is 2. The van der Waals surface area contributed by atoms with Gasteiger partial charge in [-0.2, -0.15) is 0 Å². The minimum Gasteiger partial charge on any atom is -0.508 e. The zero-order valence-electron chi connectivity index (χ0n) is 12.2. The molecule has 0 radical (unpaired) electrons. The molecule has 2 aliphatic rings. The summed E-state index contributed by atoms with van der Waals surface area (Å²) in [5.41, 5.74) is 3.37. The topological polar surface area (TPSA) is 55.8 Å². The Labute approximate surface area is 123 Å². The molecule has 21 heavy (non-hydrogen) atoms. The van der Waals surface area contributed by atoms with Crippen LogP contribution in [-0.4, -0.2) is 18.2 Å². The summed E-state index contributed by atoms with van der Waals surface area (Å²) in [6.07, 6.45) is 5.58. The van der Waals surface area contributed by atoms with Crippen LogP contribution < -0.4 is 4.74 Å². The Morgan fingerprint density at radius 3 is 2.95 bits per heavy atom. The number of rotatable bonds is 1. The van der Waals surface area contributed by atoms with E-state index in [-0.39, 0.29) is 11.7 Å². The third kappa shape index (κ3) is 2.42. The first-order chi connectivity index (χ1) is 10.1. The Bertz CT molecular complexity index is 655. The largest absolute Gasteiger partial charge is 0.508 e. The Hall–Kier alpha value is -2.23. The van der Waals surface area contributed by atoms with Gasteiger partial charge >= 0.3 is 5.97 Å². The number of carbonyl (C=O) groups is 1. The van der Waals surface area contributed by atoms with E-state index in [0.717, 1.165) is 23.1 Å². The number of methoxy groups -OCH3 is 1. The number of esters is 1. The summed E-state index contributed by atoms with van der Waals surface area (Å²) in [5, 5.41) is 10.2. The molecule has 3 rings (SSSR count). The van der Waals surface area contributed by atoms with E-state index in [4.69, 9.17) is 9.47 Å². The van der Waals surface area contributed by atoms with Gasteiger partial charge in [0.2, 0.25) is 0 Å². The molecule has 1 aliphatic heterocycles. The molecular formula is C17H18O4. The van der Waals surface area contributed by atoms with Gasteiger partial charge in [-0.1, -0.05) is 11.6 Å². The monoisotopic (exact) mass is 286 g/mol. The first kappa shape index (κ1) is 13.7. The van der Waals surface area contributed by atoms with E-state index in [1.807, 2.05) is 13.0 Å². The van der Waals surface area contributed by atoms with Crippen LogP contribution in [0, 0.1) is 0 Å². The van der Waals surface area contributed by atoms with E-state index >= 15 is 0 Å². The van der Waals surface area contributed by atoms with Crippen molar-refractivity contribution in [2.75, 3.05) is 7.11 Å². The van der Waals surface area contributed by atoms with E-state index in [2.05, 4.69) is 6.08 Å². The van der Waals surface area contributed by atoms with E-state index in [9.17, 15) is 9.90 Å². The van der Waals surface area contributed by atoms with Crippen LogP contribution in [0.4, 0.5) is 0 Å². The Kier molecular flexibility index (Phi) is 3.45. The standard InChI is InChI=1S/C17H18O4/c1-10-4-3-5-11-9-15(21-17(11)19)16-12(8-10)13(18)6-7-14(16)20-2/h4,6-7,9,15,18H,3,5,8H2,1-2H3/b10-4-/t15-/m0/s1. The third-order valence-electron chi connectivity index (χ3n) is 4.01. The molecule has 110 valence electrons. The van der Waals surface area contributed by atoms with Gasteiger partial charge < -0.3 is 14.6 Å². The van der Waals surface area contributed by atoms with Crippen molar-refractivity contribution in [2.24, 2.45) is 0 Å². The molecule has 2 bridgehead atoms. The molecular weight excluding hydrogens is 268 g/mol. The number of aromatic hydroxyl groups is 1. The van der Waals surface area contributed by atoms with Gasteiger partial charge in [-0.05, 0) is 44.4 Å². The van der Waals surface area contributed by atoms with Gasteiger partial charge in [-0.15, -0.1) is 0 Å². The SMILES string of the molecule is COc1ccc(O)c2c1[C@@H]1C=C(CC/C=C(/C)C2)C(=O)O1. The number of allylic oxidation sites excluding steroid dienone is 2. The lowest BCUT2D eigenvalue weighted by Crippen LogP contribution is -2.07. The number of benzene rings is 1. The van der Waals surface area contributed by atoms with Gasteiger partial charge in [0.05, 0.1) is 7.11 Å². The normalized spacial score (nSPS) is 23.5. The Morgan fingerprint density at radius 2 is 2.19 bits per heavy atom. The van der Waals surface area contributed by atoms with Gasteiger partial charge in [0.15, 0.2) is 6.10 Å². The summed E-state index contributed by atoms with van der Waals surface area (Å²) >= 11 is 0. The molecule has 0 fully saturated rings. The van der Waals surface area contributed by atoms with E-state index in [0.29, 0.717) is 24.2 Å². The van der Waals surface area contributed by atoms with Gasteiger partial charge in [-0.25, -0.2) is 4.79 Å². The molecule has 4 nitrogen and oxygen atoms in total. The fraction of sp³-hybridized carbons (Fsp3) is 0.353. The molecule has 4 heteroatoms. The number of fused-ring (bicyclic) bond motifs is 3. The molecule has 1 heterocycles. The van der Waals surface area contributed by atoms with Crippen LogP contribution in [-0.2, 0) is 16.0 Å². The predicted octanol–water partition coefficient (Wildman–Crippen LogP) is 3.21. The number of hydrogen-bond acceptors (Lipinski definition) is 4. The van der Waals surface area contributed by atoms with E-state index in [1.54, 1.807) is 19.2 Å². The summed E-state index contributed by atoms with van der Waals surface area (Å²) < 4.78 is 10.9. The first-order valence-electron chi connectivity index (χ1n) is 7.06. The van der Waals surface area contributed by atoms with Crippen LogP contribution in [0.5, 0.6) is 11.5 Å². The van der Waals surface area contributed by atoms with Crippen molar-refractivity contribution in [1.82, 2.24) is 0 Å². The second-order valence-corrected chi connectivity index (χ2v) is 5.46. The zero-order chi connectivity index (χ0) is 15.0. The Morgan fingerprint density at radius 1 is 1.38 bits per heavy atom. The predicted molar refractivity (Wildman–Crippen MR) is 78.3 cm³/mol. The second-order valence-electron chi connectivity index (χ2n) is 5.46. The van der Waals surface area contributed by atoms with Crippen LogP contribution in [0.3, 0.4) is 0 Å². The fourth-order valence-corrected chi connectivity index (χ4v) is 2.94. The minimum atomic E-state index is -0.476. The summed E-state index contributed by atoms with van der Waals surface area (Å²) in [6.45, 7) is 2.03. The maximum absolute atomic E-state index is 11.9. The summed E-state index contributed by atoms with van der Waals surface area (Å²) in [6, 6.07) is 3.33. The maximum atomic E-state index is 11.9. The van der Waals surface area contributed by atoms with Crippen molar-refractivity contribution in [3.63, 3.8) is 0 Å². The molecule has 1 N–H and O–H groups in total. The molecule has 0 saturated carbocycles. The van der Waals surface area contributed by atoms with Gasteiger partial charge in [0.25, 0.3) is 0 Å². The number of phenolic OH excluding ortho intramolecular Hbond substituents is 1. The lowest BCUT2D eigenvalue weighted by atomic mass is 9.92. The summed E-state index contributed by atoms with van der Waals surface area (Å²) in [7, 11) is 1.58.